The zero-order valence-corrected chi connectivity index (χ0v) is 17.0. The van der Waals surface area contributed by atoms with Gasteiger partial charge in [-0.1, -0.05) is 0 Å². The number of H-pyrrole nitrogens is 1. The number of aromatic amines is 1. The Morgan fingerprint density at radius 1 is 1.06 bits per heavy atom. The molecule has 0 radical (unpaired) electrons. The van der Waals surface area contributed by atoms with Crippen molar-refractivity contribution in [2.24, 2.45) is 0 Å². The van der Waals surface area contributed by atoms with Gasteiger partial charge in [0, 0.05) is 55.7 Å². The number of anilines is 1. The molecule has 0 bridgehead atoms. The lowest BCUT2D eigenvalue weighted by Crippen LogP contribution is -2.43. The minimum atomic E-state index is -0.338. The molecule has 2 aromatic heterocycles. The second kappa shape index (κ2) is 6.88. The quantitative estimate of drug-likeness (QED) is 0.608. The van der Waals surface area contributed by atoms with Crippen molar-refractivity contribution in [2.75, 3.05) is 37.6 Å². The molecule has 1 saturated carbocycles. The van der Waals surface area contributed by atoms with E-state index in [-0.39, 0.29) is 17.1 Å². The lowest BCUT2D eigenvalue weighted by atomic mass is 9.95. The highest BCUT2D eigenvalue weighted by atomic mass is 19.1. The maximum atomic E-state index is 15.0. The molecular formula is C23H23FN6O. The van der Waals surface area contributed by atoms with Crippen molar-refractivity contribution in [2.45, 2.75) is 18.3 Å². The summed E-state index contributed by atoms with van der Waals surface area (Å²) in [6, 6.07) is 8.86. The number of hydrogen-bond acceptors (Lipinski definition) is 5. The average molecular weight is 418 g/mol. The third kappa shape index (κ3) is 3.09. The fourth-order valence-corrected chi connectivity index (χ4v) is 4.64. The summed E-state index contributed by atoms with van der Waals surface area (Å²) in [5, 5.41) is 6.29. The SMILES string of the molecule is O=C1NCC2(CC2)c2[nH]c(-c3ccnc(-c4ccc(N5CCNCC5)cc4F)n3)cc21. The van der Waals surface area contributed by atoms with E-state index in [1.807, 2.05) is 12.1 Å². The number of fused-ring (bicyclic) bond motifs is 2. The summed E-state index contributed by atoms with van der Waals surface area (Å²) in [6.07, 6.45) is 3.77. The van der Waals surface area contributed by atoms with Gasteiger partial charge in [-0.05, 0) is 43.2 Å². The van der Waals surface area contributed by atoms with Gasteiger partial charge in [0.25, 0.3) is 5.91 Å². The Kier molecular flexibility index (Phi) is 4.11. The van der Waals surface area contributed by atoms with Crippen LogP contribution in [-0.2, 0) is 5.41 Å². The highest BCUT2D eigenvalue weighted by Crippen LogP contribution is 2.50. The first-order valence-corrected chi connectivity index (χ1v) is 10.7. The van der Waals surface area contributed by atoms with Crippen LogP contribution in [0.1, 0.15) is 28.9 Å². The molecule has 1 spiro atoms. The number of benzene rings is 1. The smallest absolute Gasteiger partial charge is 0.253 e. The molecule has 2 aliphatic heterocycles. The van der Waals surface area contributed by atoms with Crippen molar-refractivity contribution in [1.29, 1.82) is 0 Å². The van der Waals surface area contributed by atoms with Gasteiger partial charge in [0.2, 0.25) is 0 Å². The zero-order chi connectivity index (χ0) is 21.0. The summed E-state index contributed by atoms with van der Waals surface area (Å²) in [5.41, 5.74) is 4.38. The number of amides is 1. The van der Waals surface area contributed by atoms with Gasteiger partial charge in [-0.3, -0.25) is 4.79 Å². The van der Waals surface area contributed by atoms with Crippen LogP contribution in [0.15, 0.2) is 36.5 Å². The van der Waals surface area contributed by atoms with E-state index >= 15 is 0 Å². The Labute approximate surface area is 179 Å². The van der Waals surface area contributed by atoms with Gasteiger partial charge >= 0.3 is 0 Å². The van der Waals surface area contributed by atoms with Crippen molar-refractivity contribution in [3.05, 3.63) is 53.6 Å². The second-order valence-corrected chi connectivity index (χ2v) is 8.60. The van der Waals surface area contributed by atoms with E-state index in [9.17, 15) is 9.18 Å². The van der Waals surface area contributed by atoms with Gasteiger partial charge in [-0.15, -0.1) is 0 Å². The topological polar surface area (TPSA) is 85.9 Å². The van der Waals surface area contributed by atoms with Gasteiger partial charge < -0.3 is 20.5 Å². The predicted octanol–water partition coefficient (Wildman–Crippen LogP) is 2.46. The maximum Gasteiger partial charge on any atom is 0.253 e. The normalized spacial score (nSPS) is 19.3. The first-order chi connectivity index (χ1) is 15.1. The number of piperazine rings is 1. The first kappa shape index (κ1) is 18.5. The number of aromatic nitrogens is 3. The van der Waals surface area contributed by atoms with Crippen LogP contribution in [0, 0.1) is 5.82 Å². The molecule has 158 valence electrons. The molecule has 3 aliphatic rings. The summed E-state index contributed by atoms with van der Waals surface area (Å²) in [7, 11) is 0. The fraction of sp³-hybridized carbons (Fsp3) is 0.348. The Balaban J connectivity index is 1.34. The molecule has 4 heterocycles. The number of halogens is 1. The largest absolute Gasteiger partial charge is 0.369 e. The van der Waals surface area contributed by atoms with Crippen molar-refractivity contribution >= 4 is 11.6 Å². The second-order valence-electron chi connectivity index (χ2n) is 8.60. The molecule has 31 heavy (non-hydrogen) atoms. The summed E-state index contributed by atoms with van der Waals surface area (Å²) < 4.78 is 15.0. The van der Waals surface area contributed by atoms with Crippen molar-refractivity contribution in [3.63, 3.8) is 0 Å². The molecule has 1 aliphatic carbocycles. The third-order valence-corrected chi connectivity index (χ3v) is 6.64. The highest BCUT2D eigenvalue weighted by molar-refractivity contribution is 5.98. The molecule has 1 saturated heterocycles. The Bertz CT molecular complexity index is 1180. The Morgan fingerprint density at radius 2 is 1.90 bits per heavy atom. The standard InChI is InChI=1S/C23H23FN6O/c24-17-11-14(30-9-7-25-8-10-30)1-2-15(17)21-26-6-3-18(29-21)19-12-16-20(28-19)23(4-5-23)13-27-22(16)31/h1-3,6,11-12,25,28H,4-5,7-10,13H2,(H,27,31). The molecule has 1 aromatic carbocycles. The molecular weight excluding hydrogens is 395 g/mol. The van der Waals surface area contributed by atoms with Crippen LogP contribution in [0.2, 0.25) is 0 Å². The molecule has 3 N–H and O–H groups in total. The summed E-state index contributed by atoms with van der Waals surface area (Å²) in [4.78, 5) is 26.8. The summed E-state index contributed by atoms with van der Waals surface area (Å²) >= 11 is 0. The molecule has 0 unspecified atom stereocenters. The van der Waals surface area contributed by atoms with E-state index in [4.69, 9.17) is 0 Å². The van der Waals surface area contributed by atoms with Gasteiger partial charge in [0.05, 0.1) is 22.5 Å². The van der Waals surface area contributed by atoms with E-state index in [2.05, 4.69) is 30.5 Å². The first-order valence-electron chi connectivity index (χ1n) is 10.7. The van der Waals surface area contributed by atoms with E-state index < -0.39 is 0 Å². The van der Waals surface area contributed by atoms with Gasteiger partial charge in [-0.2, -0.15) is 0 Å². The van der Waals surface area contributed by atoms with Crippen molar-refractivity contribution in [3.8, 4) is 22.8 Å². The molecule has 3 aromatic rings. The third-order valence-electron chi connectivity index (χ3n) is 6.64. The van der Waals surface area contributed by atoms with Crippen LogP contribution in [0.4, 0.5) is 10.1 Å². The summed E-state index contributed by atoms with van der Waals surface area (Å²) in [5.74, 6) is -0.0610. The minimum Gasteiger partial charge on any atom is -0.369 e. The van der Waals surface area contributed by atoms with E-state index in [0.717, 1.165) is 56.1 Å². The number of nitrogens with one attached hydrogen (secondary N) is 3. The fourth-order valence-electron chi connectivity index (χ4n) is 4.64. The molecule has 2 fully saturated rings. The van der Waals surface area contributed by atoms with Crippen LogP contribution >= 0.6 is 0 Å². The molecule has 1 amide bonds. The number of rotatable bonds is 3. The van der Waals surface area contributed by atoms with Gasteiger partial charge in [-0.25, -0.2) is 14.4 Å². The summed E-state index contributed by atoms with van der Waals surface area (Å²) in [6.45, 7) is 4.19. The number of hydrogen-bond donors (Lipinski definition) is 3. The van der Waals surface area contributed by atoms with Crippen LogP contribution in [0.5, 0.6) is 0 Å². The van der Waals surface area contributed by atoms with Gasteiger partial charge in [0.15, 0.2) is 5.82 Å². The maximum absolute atomic E-state index is 15.0. The molecule has 8 heteroatoms. The monoisotopic (exact) mass is 418 g/mol. The van der Waals surface area contributed by atoms with Crippen molar-refractivity contribution in [1.82, 2.24) is 25.6 Å². The van der Waals surface area contributed by atoms with E-state index in [1.54, 1.807) is 24.4 Å². The predicted molar refractivity (Wildman–Crippen MR) is 116 cm³/mol. The highest BCUT2D eigenvalue weighted by Gasteiger charge is 2.50. The lowest BCUT2D eigenvalue weighted by Gasteiger charge is -2.29. The van der Waals surface area contributed by atoms with Crippen LogP contribution < -0.4 is 15.5 Å². The van der Waals surface area contributed by atoms with Gasteiger partial charge in [0.1, 0.15) is 5.82 Å². The van der Waals surface area contributed by atoms with Crippen LogP contribution in [0.3, 0.4) is 0 Å². The number of carbonyl (C=O) groups is 1. The van der Waals surface area contributed by atoms with E-state index in [1.165, 1.54) is 0 Å². The minimum absolute atomic E-state index is 0.0449. The average Bonchev–Trinajstić information content (AvgIpc) is 3.43. The number of nitrogens with zero attached hydrogens (tertiary/aromatic N) is 3. The molecule has 0 atom stereocenters. The Morgan fingerprint density at radius 3 is 2.68 bits per heavy atom. The number of carbonyl (C=O) groups excluding carboxylic acids is 1. The van der Waals surface area contributed by atoms with Crippen LogP contribution in [0.25, 0.3) is 22.8 Å². The van der Waals surface area contributed by atoms with E-state index in [0.29, 0.717) is 29.2 Å². The zero-order valence-electron chi connectivity index (χ0n) is 17.0. The Hall–Kier alpha value is -3.26. The molecule has 7 nitrogen and oxygen atoms in total. The van der Waals surface area contributed by atoms with Crippen LogP contribution in [-0.4, -0.2) is 53.6 Å². The van der Waals surface area contributed by atoms with Crippen molar-refractivity contribution < 1.29 is 9.18 Å². The lowest BCUT2D eigenvalue weighted by molar-refractivity contribution is 0.0937. The molecule has 6 rings (SSSR count).